The molecule has 0 saturated carbocycles. The van der Waals surface area contributed by atoms with Crippen LogP contribution in [-0.4, -0.2) is 26.3 Å². The number of carbonyl (C=O) groups excluding carboxylic acids is 1. The molecule has 1 heterocycles. The van der Waals surface area contributed by atoms with Crippen LogP contribution in [0.15, 0.2) is 39.0 Å². The van der Waals surface area contributed by atoms with Crippen LogP contribution in [0.3, 0.4) is 0 Å². The number of aromatic amines is 1. The quantitative estimate of drug-likeness (QED) is 0.507. The number of Topliss-reactive ketones (excluding diaryl/α,β-unsaturated/α-hetero) is 1. The lowest BCUT2D eigenvalue weighted by molar-refractivity contribution is 0.101. The van der Waals surface area contributed by atoms with Crippen molar-refractivity contribution < 1.29 is 9.18 Å². The summed E-state index contributed by atoms with van der Waals surface area (Å²) in [6.07, 6.45) is 0. The van der Waals surface area contributed by atoms with Crippen LogP contribution in [0.5, 0.6) is 0 Å². The van der Waals surface area contributed by atoms with E-state index in [-0.39, 0.29) is 16.5 Å². The van der Waals surface area contributed by atoms with Crippen LogP contribution in [0.4, 0.5) is 4.39 Å². The normalized spacial score (nSPS) is 10.5. The van der Waals surface area contributed by atoms with E-state index < -0.39 is 22.7 Å². The average molecular weight is 295 g/mol. The van der Waals surface area contributed by atoms with Gasteiger partial charge in [0.2, 0.25) is 0 Å². The molecular formula is C12H10FN3O3S. The molecule has 2 rings (SSSR count). The zero-order valence-corrected chi connectivity index (χ0v) is 11.2. The van der Waals surface area contributed by atoms with Gasteiger partial charge in [-0.25, -0.2) is 4.39 Å². The molecule has 0 saturated heterocycles. The van der Waals surface area contributed by atoms with Crippen molar-refractivity contribution in [1.82, 2.24) is 14.8 Å². The number of ketones is 1. The fourth-order valence-electron chi connectivity index (χ4n) is 1.48. The lowest BCUT2D eigenvalue weighted by atomic mass is 10.1. The predicted octanol–water partition coefficient (Wildman–Crippen LogP) is 0.583. The molecule has 1 aromatic carbocycles. The maximum Gasteiger partial charge on any atom is 0.339 e. The van der Waals surface area contributed by atoms with Crippen molar-refractivity contribution in [2.45, 2.75) is 5.16 Å². The van der Waals surface area contributed by atoms with Crippen LogP contribution in [0.2, 0.25) is 0 Å². The number of nitrogens with zero attached hydrogens (tertiary/aromatic N) is 2. The molecule has 0 atom stereocenters. The number of hydrogen-bond donors (Lipinski definition) is 1. The van der Waals surface area contributed by atoms with Gasteiger partial charge in [-0.3, -0.25) is 24.2 Å². The Morgan fingerprint density at radius 1 is 1.40 bits per heavy atom. The van der Waals surface area contributed by atoms with Gasteiger partial charge in [-0.15, -0.1) is 0 Å². The molecule has 0 bridgehead atoms. The lowest BCUT2D eigenvalue weighted by Gasteiger charge is -2.05. The maximum absolute atomic E-state index is 13.4. The van der Waals surface area contributed by atoms with E-state index >= 15 is 0 Å². The number of rotatable bonds is 4. The Kier molecular flexibility index (Phi) is 4.14. The standard InChI is InChI=1S/C12H10FN3O3S/c1-16-12(14-10(18)11(19)15-16)20-6-9(17)7-4-2-3-5-8(7)13/h2-5H,6H2,1H3,(H,15,19). The molecule has 1 aromatic heterocycles. The predicted molar refractivity (Wildman–Crippen MR) is 71.6 cm³/mol. The van der Waals surface area contributed by atoms with Crippen molar-refractivity contribution in [2.75, 3.05) is 5.75 Å². The molecule has 20 heavy (non-hydrogen) atoms. The first-order valence-electron chi connectivity index (χ1n) is 5.57. The number of aryl methyl sites for hydroxylation is 1. The number of benzene rings is 1. The number of thioether (sulfide) groups is 1. The largest absolute Gasteiger partial charge is 0.339 e. The molecule has 8 heteroatoms. The molecule has 0 aliphatic carbocycles. The van der Waals surface area contributed by atoms with Crippen molar-refractivity contribution >= 4 is 17.5 Å². The van der Waals surface area contributed by atoms with Gasteiger partial charge in [0, 0.05) is 7.05 Å². The molecule has 0 spiro atoms. The van der Waals surface area contributed by atoms with Gasteiger partial charge in [0.15, 0.2) is 10.9 Å². The van der Waals surface area contributed by atoms with E-state index in [1.165, 1.54) is 29.9 Å². The third kappa shape index (κ3) is 3.02. The van der Waals surface area contributed by atoms with Crippen molar-refractivity contribution in [3.8, 4) is 0 Å². The monoisotopic (exact) mass is 295 g/mol. The Labute approximate surface area is 116 Å². The summed E-state index contributed by atoms with van der Waals surface area (Å²) in [6, 6.07) is 5.64. The third-order valence-corrected chi connectivity index (χ3v) is 3.48. The molecule has 0 aliphatic heterocycles. The van der Waals surface area contributed by atoms with Crippen molar-refractivity contribution in [1.29, 1.82) is 0 Å². The van der Waals surface area contributed by atoms with Crippen LogP contribution in [0, 0.1) is 5.82 Å². The first-order chi connectivity index (χ1) is 9.49. The molecule has 1 N–H and O–H groups in total. The first kappa shape index (κ1) is 14.2. The second-order valence-corrected chi connectivity index (χ2v) is 4.83. The summed E-state index contributed by atoms with van der Waals surface area (Å²) >= 11 is 0.947. The topological polar surface area (TPSA) is 84.8 Å². The highest BCUT2D eigenvalue weighted by molar-refractivity contribution is 7.99. The van der Waals surface area contributed by atoms with Crippen LogP contribution >= 0.6 is 11.8 Å². The van der Waals surface area contributed by atoms with Gasteiger partial charge in [-0.05, 0) is 12.1 Å². The van der Waals surface area contributed by atoms with E-state index in [0.29, 0.717) is 0 Å². The smallest absolute Gasteiger partial charge is 0.293 e. The van der Waals surface area contributed by atoms with E-state index in [1.807, 2.05) is 0 Å². The van der Waals surface area contributed by atoms with Crippen molar-refractivity contribution in [2.24, 2.45) is 7.05 Å². The molecule has 2 aromatic rings. The Bertz CT molecular complexity index is 769. The van der Waals surface area contributed by atoms with Crippen LogP contribution in [0.1, 0.15) is 10.4 Å². The van der Waals surface area contributed by atoms with E-state index in [1.54, 1.807) is 6.07 Å². The van der Waals surface area contributed by atoms with Crippen molar-refractivity contribution in [3.63, 3.8) is 0 Å². The minimum atomic E-state index is -0.927. The highest BCUT2D eigenvalue weighted by Gasteiger charge is 2.13. The lowest BCUT2D eigenvalue weighted by Crippen LogP contribution is -2.34. The Morgan fingerprint density at radius 3 is 2.80 bits per heavy atom. The Balaban J connectivity index is 2.16. The van der Waals surface area contributed by atoms with Crippen molar-refractivity contribution in [3.05, 3.63) is 56.4 Å². The molecule has 0 radical (unpaired) electrons. The molecule has 6 nitrogen and oxygen atoms in total. The highest BCUT2D eigenvalue weighted by Crippen LogP contribution is 2.15. The molecule has 0 unspecified atom stereocenters. The number of carbonyl (C=O) groups is 1. The van der Waals surface area contributed by atoms with E-state index in [4.69, 9.17) is 0 Å². The van der Waals surface area contributed by atoms with Crippen LogP contribution in [0.25, 0.3) is 0 Å². The number of H-pyrrole nitrogens is 1. The van der Waals surface area contributed by atoms with Gasteiger partial charge in [-0.2, -0.15) is 4.98 Å². The number of aromatic nitrogens is 3. The zero-order valence-electron chi connectivity index (χ0n) is 10.4. The fourth-order valence-corrected chi connectivity index (χ4v) is 2.29. The number of nitrogens with one attached hydrogen (secondary N) is 1. The molecular weight excluding hydrogens is 285 g/mol. The second-order valence-electron chi connectivity index (χ2n) is 3.89. The van der Waals surface area contributed by atoms with Gasteiger partial charge in [0.1, 0.15) is 5.82 Å². The molecule has 0 aliphatic rings. The molecule has 104 valence electrons. The van der Waals surface area contributed by atoms with Gasteiger partial charge in [0.25, 0.3) is 0 Å². The Morgan fingerprint density at radius 2 is 2.10 bits per heavy atom. The third-order valence-electron chi connectivity index (χ3n) is 2.45. The second kappa shape index (κ2) is 5.83. The van der Waals surface area contributed by atoms with E-state index in [9.17, 15) is 18.8 Å². The van der Waals surface area contributed by atoms with E-state index in [2.05, 4.69) is 10.1 Å². The summed E-state index contributed by atoms with van der Waals surface area (Å²) < 4.78 is 14.7. The Hall–Kier alpha value is -2.22. The minimum absolute atomic E-state index is 0.0191. The average Bonchev–Trinajstić information content (AvgIpc) is 2.41. The SMILES string of the molecule is Cn1[nH]c(=O)c(=O)nc1SCC(=O)c1ccccc1F. The summed E-state index contributed by atoms with van der Waals surface area (Å²) in [5.41, 5.74) is -1.78. The number of hydrogen-bond acceptors (Lipinski definition) is 5. The van der Waals surface area contributed by atoms with Crippen LogP contribution in [-0.2, 0) is 7.05 Å². The summed E-state index contributed by atoms with van der Waals surface area (Å²) in [7, 11) is 1.49. The summed E-state index contributed by atoms with van der Waals surface area (Å²) in [5.74, 6) is -1.11. The summed E-state index contributed by atoms with van der Waals surface area (Å²) in [4.78, 5) is 37.5. The molecule has 0 amide bonds. The fraction of sp³-hybridized carbons (Fsp3) is 0.167. The van der Waals surface area contributed by atoms with E-state index in [0.717, 1.165) is 11.8 Å². The van der Waals surface area contributed by atoms with Gasteiger partial charge < -0.3 is 0 Å². The first-order valence-corrected chi connectivity index (χ1v) is 6.55. The van der Waals surface area contributed by atoms with Gasteiger partial charge in [-0.1, -0.05) is 23.9 Å². The maximum atomic E-state index is 13.4. The molecule has 0 fully saturated rings. The highest BCUT2D eigenvalue weighted by atomic mass is 32.2. The van der Waals surface area contributed by atoms with Crippen LogP contribution < -0.4 is 11.1 Å². The summed E-state index contributed by atoms with van der Waals surface area (Å²) in [5, 5.41) is 2.44. The summed E-state index contributed by atoms with van der Waals surface area (Å²) in [6.45, 7) is 0. The van der Waals surface area contributed by atoms with Gasteiger partial charge in [0.05, 0.1) is 11.3 Å². The minimum Gasteiger partial charge on any atom is -0.293 e. The zero-order chi connectivity index (χ0) is 14.7. The van der Waals surface area contributed by atoms with Gasteiger partial charge >= 0.3 is 11.1 Å². The number of halogens is 1.